The highest BCUT2D eigenvalue weighted by Gasteiger charge is 2.10. The maximum Gasteiger partial charge on any atom is 0.167 e. The van der Waals surface area contributed by atoms with E-state index in [1.807, 2.05) is 24.3 Å². The number of hydrogen-bond donors (Lipinski definition) is 0. The molecule has 0 spiro atoms. The molecule has 0 atom stereocenters. The molecule has 0 heterocycles. The van der Waals surface area contributed by atoms with Crippen molar-refractivity contribution in [2.45, 2.75) is 6.42 Å². The molecule has 92 valence electrons. The van der Waals surface area contributed by atoms with E-state index in [4.69, 9.17) is 23.2 Å². The predicted molar refractivity (Wildman–Crippen MR) is 78.6 cm³/mol. The summed E-state index contributed by atoms with van der Waals surface area (Å²) in [7, 11) is 0. The molecule has 0 aliphatic rings. The summed E-state index contributed by atoms with van der Waals surface area (Å²) < 4.78 is 0.923. The second kappa shape index (κ2) is 5.87. The number of benzene rings is 2. The van der Waals surface area contributed by atoms with E-state index in [-0.39, 0.29) is 5.78 Å². The number of ketones is 1. The lowest BCUT2D eigenvalue weighted by Gasteiger charge is -2.05. The van der Waals surface area contributed by atoms with Crippen LogP contribution >= 0.6 is 39.1 Å². The lowest BCUT2D eigenvalue weighted by molar-refractivity contribution is 0.0993. The van der Waals surface area contributed by atoms with Crippen molar-refractivity contribution in [1.82, 2.24) is 0 Å². The first kappa shape index (κ1) is 13.6. The van der Waals surface area contributed by atoms with E-state index in [2.05, 4.69) is 15.9 Å². The van der Waals surface area contributed by atoms with E-state index in [1.165, 1.54) is 0 Å². The minimum Gasteiger partial charge on any atom is -0.294 e. The molecule has 2 aromatic carbocycles. The van der Waals surface area contributed by atoms with Crippen LogP contribution in [-0.2, 0) is 6.42 Å². The third kappa shape index (κ3) is 3.35. The van der Waals surface area contributed by atoms with E-state index < -0.39 is 0 Å². The molecule has 1 nitrogen and oxygen atoms in total. The Kier molecular flexibility index (Phi) is 4.44. The van der Waals surface area contributed by atoms with E-state index in [0.29, 0.717) is 22.0 Å². The number of carbonyl (C=O) groups is 1. The zero-order chi connectivity index (χ0) is 13.1. The van der Waals surface area contributed by atoms with Gasteiger partial charge in [-0.05, 0) is 29.8 Å². The van der Waals surface area contributed by atoms with Gasteiger partial charge in [-0.3, -0.25) is 4.79 Å². The second-order valence-corrected chi connectivity index (χ2v) is 5.58. The van der Waals surface area contributed by atoms with Crippen LogP contribution in [0, 0.1) is 0 Å². The van der Waals surface area contributed by atoms with Gasteiger partial charge >= 0.3 is 0 Å². The Hall–Kier alpha value is -0.830. The standard InChI is InChI=1S/C14H9BrCl2O/c15-13-4-2-1-3-9(13)7-14(18)10-5-11(16)8-12(17)6-10/h1-6,8H,7H2. The van der Waals surface area contributed by atoms with Gasteiger partial charge in [0.15, 0.2) is 5.78 Å². The van der Waals surface area contributed by atoms with Crippen molar-refractivity contribution in [3.05, 3.63) is 68.1 Å². The molecular formula is C14H9BrCl2O. The highest BCUT2D eigenvalue weighted by molar-refractivity contribution is 9.10. The largest absolute Gasteiger partial charge is 0.294 e. The molecule has 0 saturated carbocycles. The maximum absolute atomic E-state index is 12.1. The SMILES string of the molecule is O=C(Cc1ccccc1Br)c1cc(Cl)cc(Cl)c1. The van der Waals surface area contributed by atoms with Crippen molar-refractivity contribution >= 4 is 44.9 Å². The fraction of sp³-hybridized carbons (Fsp3) is 0.0714. The molecule has 2 rings (SSSR count). The van der Waals surface area contributed by atoms with Gasteiger partial charge in [0.1, 0.15) is 0 Å². The first-order chi connectivity index (χ1) is 8.56. The average molecular weight is 344 g/mol. The first-order valence-corrected chi connectivity index (χ1v) is 6.84. The van der Waals surface area contributed by atoms with Crippen molar-refractivity contribution in [2.75, 3.05) is 0 Å². The molecule has 2 aromatic rings. The van der Waals surface area contributed by atoms with Crippen LogP contribution < -0.4 is 0 Å². The van der Waals surface area contributed by atoms with Crippen LogP contribution in [0.4, 0.5) is 0 Å². The Morgan fingerprint density at radius 1 is 1.06 bits per heavy atom. The molecule has 0 amide bonds. The van der Waals surface area contributed by atoms with Gasteiger partial charge in [-0.15, -0.1) is 0 Å². The number of rotatable bonds is 3. The molecule has 0 aromatic heterocycles. The normalized spacial score (nSPS) is 10.4. The Labute approximate surface area is 124 Å². The summed E-state index contributed by atoms with van der Waals surface area (Å²) in [5, 5.41) is 0.941. The van der Waals surface area contributed by atoms with Gasteiger partial charge in [0.25, 0.3) is 0 Å². The summed E-state index contributed by atoms with van der Waals surface area (Å²) in [6.07, 6.45) is 0.318. The average Bonchev–Trinajstić information content (AvgIpc) is 2.31. The summed E-state index contributed by atoms with van der Waals surface area (Å²) in [5.74, 6) is -0.00806. The summed E-state index contributed by atoms with van der Waals surface area (Å²) in [6.45, 7) is 0. The molecule has 4 heteroatoms. The van der Waals surface area contributed by atoms with Crippen LogP contribution in [0.15, 0.2) is 46.9 Å². The van der Waals surface area contributed by atoms with Gasteiger partial charge < -0.3 is 0 Å². The number of halogens is 3. The van der Waals surface area contributed by atoms with Gasteiger partial charge in [-0.2, -0.15) is 0 Å². The van der Waals surface area contributed by atoms with E-state index in [9.17, 15) is 4.79 Å². The van der Waals surface area contributed by atoms with E-state index in [0.717, 1.165) is 10.0 Å². The van der Waals surface area contributed by atoms with Crippen LogP contribution in [0.3, 0.4) is 0 Å². The van der Waals surface area contributed by atoms with Crippen LogP contribution in [0.5, 0.6) is 0 Å². The minimum absolute atomic E-state index is 0.00806. The Morgan fingerprint density at radius 2 is 1.67 bits per heavy atom. The molecule has 0 aliphatic heterocycles. The summed E-state index contributed by atoms with van der Waals surface area (Å²) in [6, 6.07) is 12.5. The highest BCUT2D eigenvalue weighted by Crippen LogP contribution is 2.22. The lowest BCUT2D eigenvalue weighted by Crippen LogP contribution is -2.04. The van der Waals surface area contributed by atoms with E-state index >= 15 is 0 Å². The zero-order valence-electron chi connectivity index (χ0n) is 9.29. The fourth-order valence-electron chi connectivity index (χ4n) is 1.63. The van der Waals surface area contributed by atoms with Crippen molar-refractivity contribution < 1.29 is 4.79 Å². The number of Topliss-reactive ketones (excluding diaryl/α,β-unsaturated/α-hetero) is 1. The molecule has 0 radical (unpaired) electrons. The number of carbonyl (C=O) groups excluding carboxylic acids is 1. The molecular weight excluding hydrogens is 335 g/mol. The summed E-state index contributed by atoms with van der Waals surface area (Å²) in [4.78, 5) is 12.1. The van der Waals surface area contributed by atoms with Crippen LogP contribution in [-0.4, -0.2) is 5.78 Å². The Balaban J connectivity index is 2.25. The third-order valence-corrected chi connectivity index (χ3v) is 3.70. The Morgan fingerprint density at radius 3 is 2.28 bits per heavy atom. The molecule has 0 bridgehead atoms. The maximum atomic E-state index is 12.1. The van der Waals surface area contributed by atoms with Gasteiger partial charge in [-0.1, -0.05) is 57.3 Å². The molecule has 18 heavy (non-hydrogen) atoms. The van der Waals surface area contributed by atoms with E-state index in [1.54, 1.807) is 18.2 Å². The van der Waals surface area contributed by atoms with Crippen molar-refractivity contribution in [1.29, 1.82) is 0 Å². The minimum atomic E-state index is -0.00806. The second-order valence-electron chi connectivity index (χ2n) is 3.85. The van der Waals surface area contributed by atoms with Crippen molar-refractivity contribution in [3.63, 3.8) is 0 Å². The Bertz CT molecular complexity index is 576. The van der Waals surface area contributed by atoms with Gasteiger partial charge in [0.05, 0.1) is 0 Å². The van der Waals surface area contributed by atoms with Gasteiger partial charge in [0.2, 0.25) is 0 Å². The first-order valence-electron chi connectivity index (χ1n) is 5.29. The quantitative estimate of drug-likeness (QED) is 0.701. The summed E-state index contributed by atoms with van der Waals surface area (Å²) in [5.41, 5.74) is 1.47. The molecule has 0 aliphatic carbocycles. The lowest BCUT2D eigenvalue weighted by atomic mass is 10.0. The number of hydrogen-bond acceptors (Lipinski definition) is 1. The molecule has 0 saturated heterocycles. The van der Waals surface area contributed by atoms with Gasteiger partial charge in [0, 0.05) is 26.5 Å². The predicted octanol–water partition coefficient (Wildman–Crippen LogP) is 5.18. The van der Waals surface area contributed by atoms with Crippen molar-refractivity contribution in [3.8, 4) is 0 Å². The smallest absolute Gasteiger partial charge is 0.167 e. The fourth-order valence-corrected chi connectivity index (χ4v) is 2.58. The van der Waals surface area contributed by atoms with Crippen LogP contribution in [0.25, 0.3) is 0 Å². The van der Waals surface area contributed by atoms with Gasteiger partial charge in [-0.25, -0.2) is 0 Å². The third-order valence-electron chi connectivity index (χ3n) is 2.49. The molecule has 0 N–H and O–H groups in total. The van der Waals surface area contributed by atoms with Crippen LogP contribution in [0.1, 0.15) is 15.9 Å². The van der Waals surface area contributed by atoms with Crippen molar-refractivity contribution in [2.24, 2.45) is 0 Å². The topological polar surface area (TPSA) is 17.1 Å². The molecule has 0 fully saturated rings. The van der Waals surface area contributed by atoms with Crippen LogP contribution in [0.2, 0.25) is 10.0 Å². The monoisotopic (exact) mass is 342 g/mol. The zero-order valence-corrected chi connectivity index (χ0v) is 12.4. The highest BCUT2D eigenvalue weighted by atomic mass is 79.9. The molecule has 0 unspecified atom stereocenters. The summed E-state index contributed by atoms with van der Waals surface area (Å²) >= 11 is 15.2.